The third-order valence-corrected chi connectivity index (χ3v) is 6.31. The number of hydrogen-bond donors (Lipinski definition) is 0. The molecule has 1 aromatic carbocycles. The molecule has 1 aromatic heterocycles. The Morgan fingerprint density at radius 1 is 1.17 bits per heavy atom. The number of halogens is 2. The number of ether oxygens (including phenoxy) is 1. The summed E-state index contributed by atoms with van der Waals surface area (Å²) in [5.74, 6) is 1.76. The van der Waals surface area contributed by atoms with E-state index in [1.165, 1.54) is 0 Å². The van der Waals surface area contributed by atoms with Gasteiger partial charge in [-0.2, -0.15) is 4.98 Å². The van der Waals surface area contributed by atoms with E-state index in [9.17, 15) is 0 Å². The molecule has 1 unspecified atom stereocenters. The van der Waals surface area contributed by atoms with Crippen molar-refractivity contribution in [2.75, 3.05) is 56.2 Å². The number of likely N-dealkylation sites (tertiary alicyclic amines) is 1. The molecular formula is C21H27Cl2N5O. The minimum absolute atomic E-state index is 0.405. The molecule has 2 aliphatic heterocycles. The molecule has 156 valence electrons. The first-order valence-corrected chi connectivity index (χ1v) is 10.9. The summed E-state index contributed by atoms with van der Waals surface area (Å²) in [5.41, 5.74) is 1.12. The summed E-state index contributed by atoms with van der Waals surface area (Å²) in [6.07, 6.45) is 4.16. The number of morpholine rings is 1. The summed E-state index contributed by atoms with van der Waals surface area (Å²) >= 11 is 12.4. The molecule has 4 rings (SSSR count). The van der Waals surface area contributed by atoms with Crippen molar-refractivity contribution in [2.24, 2.45) is 0 Å². The molecule has 2 aromatic rings. The summed E-state index contributed by atoms with van der Waals surface area (Å²) < 4.78 is 5.44. The standard InChI is InChI=1S/C21H27Cl2N5O/c1-26(20-6-7-24-21(25-20)28-9-11-29-12-10-28)18-3-2-8-27(15-18)14-16-4-5-17(22)13-19(16)23/h4-7,13,18H,2-3,8-12,14-15H2,1H3. The molecule has 29 heavy (non-hydrogen) atoms. The van der Waals surface area contributed by atoms with E-state index in [4.69, 9.17) is 32.9 Å². The number of rotatable bonds is 5. The Morgan fingerprint density at radius 3 is 2.79 bits per heavy atom. The van der Waals surface area contributed by atoms with Crippen molar-refractivity contribution in [2.45, 2.75) is 25.4 Å². The summed E-state index contributed by atoms with van der Waals surface area (Å²) in [7, 11) is 2.13. The summed E-state index contributed by atoms with van der Waals surface area (Å²) in [5, 5.41) is 1.41. The molecule has 0 amide bonds. The van der Waals surface area contributed by atoms with Gasteiger partial charge in [0.2, 0.25) is 5.95 Å². The highest BCUT2D eigenvalue weighted by molar-refractivity contribution is 6.35. The van der Waals surface area contributed by atoms with Crippen molar-refractivity contribution in [1.29, 1.82) is 0 Å². The number of aromatic nitrogens is 2. The Morgan fingerprint density at radius 2 is 2.00 bits per heavy atom. The van der Waals surface area contributed by atoms with E-state index < -0.39 is 0 Å². The van der Waals surface area contributed by atoms with E-state index in [2.05, 4.69) is 26.7 Å². The van der Waals surface area contributed by atoms with Crippen molar-refractivity contribution in [3.8, 4) is 0 Å². The third kappa shape index (κ3) is 5.12. The first-order valence-electron chi connectivity index (χ1n) is 10.1. The number of hydrogen-bond acceptors (Lipinski definition) is 6. The number of benzene rings is 1. The predicted molar refractivity (Wildman–Crippen MR) is 118 cm³/mol. The van der Waals surface area contributed by atoms with Crippen LogP contribution in [0.4, 0.5) is 11.8 Å². The van der Waals surface area contributed by atoms with Gasteiger partial charge in [0.1, 0.15) is 5.82 Å². The zero-order chi connectivity index (χ0) is 20.2. The highest BCUT2D eigenvalue weighted by Gasteiger charge is 2.25. The van der Waals surface area contributed by atoms with Crippen LogP contribution in [0.15, 0.2) is 30.5 Å². The van der Waals surface area contributed by atoms with Crippen molar-refractivity contribution in [3.63, 3.8) is 0 Å². The minimum Gasteiger partial charge on any atom is -0.378 e. The van der Waals surface area contributed by atoms with Gasteiger partial charge in [0.15, 0.2) is 0 Å². The molecule has 0 N–H and O–H groups in total. The Bertz CT molecular complexity index is 830. The fourth-order valence-corrected chi connectivity index (χ4v) is 4.49. The fraction of sp³-hybridized carbons (Fsp3) is 0.524. The zero-order valence-electron chi connectivity index (χ0n) is 16.7. The first kappa shape index (κ1) is 20.7. The maximum atomic E-state index is 6.38. The molecule has 0 saturated carbocycles. The molecule has 8 heteroatoms. The van der Waals surface area contributed by atoms with Crippen molar-refractivity contribution in [3.05, 3.63) is 46.1 Å². The monoisotopic (exact) mass is 435 g/mol. The second-order valence-electron chi connectivity index (χ2n) is 7.69. The number of piperidine rings is 1. The van der Waals surface area contributed by atoms with Gasteiger partial charge in [-0.15, -0.1) is 0 Å². The number of likely N-dealkylation sites (N-methyl/N-ethyl adjacent to an activating group) is 1. The van der Waals surface area contributed by atoms with Crippen molar-refractivity contribution < 1.29 is 4.74 Å². The zero-order valence-corrected chi connectivity index (χ0v) is 18.2. The van der Waals surface area contributed by atoms with Crippen molar-refractivity contribution >= 4 is 35.0 Å². The van der Waals surface area contributed by atoms with E-state index in [1.54, 1.807) is 0 Å². The molecule has 0 aliphatic carbocycles. The lowest BCUT2D eigenvalue weighted by Crippen LogP contribution is -2.46. The Kier molecular flexibility index (Phi) is 6.75. The van der Waals surface area contributed by atoms with Gasteiger partial charge in [0, 0.05) is 55.5 Å². The largest absolute Gasteiger partial charge is 0.378 e. The summed E-state index contributed by atoms with van der Waals surface area (Å²) in [6, 6.07) is 8.16. The maximum absolute atomic E-state index is 6.38. The van der Waals surface area contributed by atoms with Crippen LogP contribution in [0.3, 0.4) is 0 Å². The lowest BCUT2D eigenvalue weighted by molar-refractivity contribution is 0.122. The smallest absolute Gasteiger partial charge is 0.227 e. The van der Waals surface area contributed by atoms with Crippen LogP contribution in [0.2, 0.25) is 10.0 Å². The first-order chi connectivity index (χ1) is 14.1. The second kappa shape index (κ2) is 9.47. The Hall–Kier alpha value is -1.60. The van der Waals surface area contributed by atoms with Crippen molar-refractivity contribution in [1.82, 2.24) is 14.9 Å². The quantitative estimate of drug-likeness (QED) is 0.712. The van der Waals surface area contributed by atoms with E-state index in [0.29, 0.717) is 11.1 Å². The molecule has 0 bridgehead atoms. The van der Waals surface area contributed by atoms with Crippen LogP contribution in [0.1, 0.15) is 18.4 Å². The fourth-order valence-electron chi connectivity index (χ4n) is 4.02. The number of nitrogens with zero attached hydrogens (tertiary/aromatic N) is 5. The lowest BCUT2D eigenvalue weighted by Gasteiger charge is -2.38. The van der Waals surface area contributed by atoms with Gasteiger partial charge < -0.3 is 14.5 Å². The molecule has 6 nitrogen and oxygen atoms in total. The highest BCUT2D eigenvalue weighted by atomic mass is 35.5. The molecule has 2 fully saturated rings. The average molecular weight is 436 g/mol. The van der Waals surface area contributed by atoms with Gasteiger partial charge in [0.25, 0.3) is 0 Å². The van der Waals surface area contributed by atoms with E-state index in [1.807, 2.05) is 30.5 Å². The van der Waals surface area contributed by atoms with Gasteiger partial charge in [0.05, 0.1) is 13.2 Å². The molecular weight excluding hydrogens is 409 g/mol. The Balaban J connectivity index is 1.42. The van der Waals surface area contributed by atoms with Gasteiger partial charge in [-0.25, -0.2) is 4.98 Å². The van der Waals surface area contributed by atoms with Gasteiger partial charge in [-0.1, -0.05) is 29.3 Å². The molecule has 2 aliphatic rings. The van der Waals surface area contributed by atoms with Crippen LogP contribution >= 0.6 is 23.2 Å². The molecule has 1 atom stereocenters. The molecule has 3 heterocycles. The Labute approximate surface area is 182 Å². The van der Waals surface area contributed by atoms with Crippen LogP contribution < -0.4 is 9.80 Å². The van der Waals surface area contributed by atoms with Crippen LogP contribution in [0, 0.1) is 0 Å². The molecule has 0 radical (unpaired) electrons. The van der Waals surface area contributed by atoms with Crippen LogP contribution in [0.5, 0.6) is 0 Å². The van der Waals surface area contributed by atoms with Crippen LogP contribution in [-0.2, 0) is 11.3 Å². The van der Waals surface area contributed by atoms with Gasteiger partial charge >= 0.3 is 0 Å². The highest BCUT2D eigenvalue weighted by Crippen LogP contribution is 2.26. The van der Waals surface area contributed by atoms with Gasteiger partial charge in [-0.05, 0) is 43.1 Å². The minimum atomic E-state index is 0.405. The normalized spacial score (nSPS) is 20.7. The topological polar surface area (TPSA) is 44.7 Å². The molecule has 0 spiro atoms. The average Bonchev–Trinajstić information content (AvgIpc) is 2.76. The predicted octanol–water partition coefficient (Wildman–Crippen LogP) is 3.72. The number of anilines is 2. The summed E-state index contributed by atoms with van der Waals surface area (Å²) in [4.78, 5) is 16.3. The van der Waals surface area contributed by atoms with Gasteiger partial charge in [-0.3, -0.25) is 4.90 Å². The third-order valence-electron chi connectivity index (χ3n) is 5.72. The maximum Gasteiger partial charge on any atom is 0.227 e. The lowest BCUT2D eigenvalue weighted by atomic mass is 10.0. The van der Waals surface area contributed by atoms with Crippen LogP contribution in [-0.4, -0.2) is 67.4 Å². The van der Waals surface area contributed by atoms with Crippen LogP contribution in [0.25, 0.3) is 0 Å². The SMILES string of the molecule is CN(c1ccnc(N2CCOCC2)n1)C1CCCN(Cc2ccc(Cl)cc2Cl)C1. The van der Waals surface area contributed by atoms with E-state index in [0.717, 1.165) is 81.1 Å². The summed E-state index contributed by atoms with van der Waals surface area (Å²) in [6.45, 7) is 6.03. The van der Waals surface area contributed by atoms with E-state index >= 15 is 0 Å². The molecule has 2 saturated heterocycles. The second-order valence-corrected chi connectivity index (χ2v) is 8.54. The van der Waals surface area contributed by atoms with E-state index in [-0.39, 0.29) is 0 Å².